The molecule has 3 heterocycles. The van der Waals surface area contributed by atoms with Gasteiger partial charge in [0, 0.05) is 43.4 Å². The molecule has 2 aromatic heterocycles. The molecule has 1 aliphatic heterocycles. The third-order valence-corrected chi connectivity index (χ3v) is 6.84. The molecule has 1 aromatic carbocycles. The van der Waals surface area contributed by atoms with Gasteiger partial charge in [-0.25, -0.2) is 4.98 Å². The second-order valence-corrected chi connectivity index (χ2v) is 9.22. The molecule has 0 saturated carbocycles. The summed E-state index contributed by atoms with van der Waals surface area (Å²) in [6, 6.07) is 12.3. The van der Waals surface area contributed by atoms with Gasteiger partial charge in [-0.3, -0.25) is 9.78 Å². The Balaban J connectivity index is 1.59. The van der Waals surface area contributed by atoms with Gasteiger partial charge in [0.05, 0.1) is 21.2 Å². The van der Waals surface area contributed by atoms with Gasteiger partial charge in [-0.2, -0.15) is 18.4 Å². The molecular formula is C25H19Cl2F3N4O2. The number of ether oxygens (including phenoxy) is 1. The Kier molecular flexibility index (Phi) is 7.38. The highest BCUT2D eigenvalue weighted by Gasteiger charge is 2.41. The number of pyridine rings is 2. The zero-order valence-corrected chi connectivity index (χ0v) is 20.3. The first-order chi connectivity index (χ1) is 17.1. The zero-order chi connectivity index (χ0) is 26.0. The van der Waals surface area contributed by atoms with Crippen LogP contribution in [0.4, 0.5) is 13.2 Å². The minimum atomic E-state index is -4.59. The Labute approximate surface area is 215 Å². The van der Waals surface area contributed by atoms with Gasteiger partial charge in [0.25, 0.3) is 5.91 Å². The van der Waals surface area contributed by atoms with Gasteiger partial charge >= 0.3 is 6.18 Å². The highest BCUT2D eigenvalue weighted by Crippen LogP contribution is 2.39. The topological polar surface area (TPSA) is 79.1 Å². The molecule has 3 aromatic rings. The van der Waals surface area contributed by atoms with Gasteiger partial charge in [-0.1, -0.05) is 29.3 Å². The number of hydrogen-bond donors (Lipinski definition) is 0. The molecule has 1 fully saturated rings. The van der Waals surface area contributed by atoms with E-state index in [0.717, 1.165) is 23.9 Å². The number of carbonyl (C=O) groups is 1. The maximum atomic E-state index is 13.2. The number of halogens is 5. The molecule has 186 valence electrons. The first kappa shape index (κ1) is 25.7. The fourth-order valence-electron chi connectivity index (χ4n) is 4.23. The van der Waals surface area contributed by atoms with E-state index in [0.29, 0.717) is 21.5 Å². The first-order valence-corrected chi connectivity index (χ1v) is 11.6. The maximum Gasteiger partial charge on any atom is 0.433 e. The molecule has 1 amide bonds. The van der Waals surface area contributed by atoms with E-state index in [1.165, 1.54) is 6.20 Å². The van der Waals surface area contributed by atoms with Crippen molar-refractivity contribution in [3.8, 4) is 11.9 Å². The van der Waals surface area contributed by atoms with Crippen LogP contribution in [-0.2, 0) is 6.18 Å². The summed E-state index contributed by atoms with van der Waals surface area (Å²) in [6.07, 6.45) is -2.66. The summed E-state index contributed by atoms with van der Waals surface area (Å²) in [6.45, 7) is 2.42. The lowest BCUT2D eigenvalue weighted by Gasteiger charge is -2.25. The van der Waals surface area contributed by atoms with Gasteiger partial charge in [-0.05, 0) is 42.8 Å². The predicted octanol–water partition coefficient (Wildman–Crippen LogP) is 6.00. The molecule has 1 saturated heterocycles. The average molecular weight is 535 g/mol. The highest BCUT2D eigenvalue weighted by molar-refractivity contribution is 6.42. The summed E-state index contributed by atoms with van der Waals surface area (Å²) in [5.41, 5.74) is 0.229. The lowest BCUT2D eigenvalue weighted by molar-refractivity contribution is -0.141. The van der Waals surface area contributed by atoms with E-state index in [1.54, 1.807) is 29.2 Å². The predicted molar refractivity (Wildman–Crippen MR) is 127 cm³/mol. The summed E-state index contributed by atoms with van der Waals surface area (Å²) in [4.78, 5) is 22.3. The quantitative estimate of drug-likeness (QED) is 0.401. The molecule has 36 heavy (non-hydrogen) atoms. The number of amides is 1. The van der Waals surface area contributed by atoms with Crippen molar-refractivity contribution in [3.63, 3.8) is 0 Å². The molecule has 0 N–H and O–H groups in total. The van der Waals surface area contributed by atoms with Crippen LogP contribution in [0.2, 0.25) is 10.0 Å². The summed E-state index contributed by atoms with van der Waals surface area (Å²) in [5.74, 6) is -0.510. The third-order valence-electron chi connectivity index (χ3n) is 6.10. The van der Waals surface area contributed by atoms with Gasteiger partial charge in [0.1, 0.15) is 17.9 Å². The zero-order valence-electron chi connectivity index (χ0n) is 18.8. The lowest BCUT2D eigenvalue weighted by Crippen LogP contribution is -2.32. The van der Waals surface area contributed by atoms with Gasteiger partial charge in [0.2, 0.25) is 5.88 Å². The van der Waals surface area contributed by atoms with Gasteiger partial charge in [0.15, 0.2) is 0 Å². The largest absolute Gasteiger partial charge is 0.474 e. The van der Waals surface area contributed by atoms with Crippen LogP contribution in [0.25, 0.3) is 0 Å². The van der Waals surface area contributed by atoms with Crippen LogP contribution in [-0.4, -0.2) is 40.0 Å². The number of alkyl halides is 3. The maximum absolute atomic E-state index is 13.2. The Morgan fingerprint density at radius 3 is 2.47 bits per heavy atom. The Bertz CT molecular complexity index is 1290. The van der Waals surface area contributed by atoms with E-state index in [2.05, 4.69) is 9.97 Å². The van der Waals surface area contributed by atoms with Crippen molar-refractivity contribution >= 4 is 29.1 Å². The number of rotatable bonds is 5. The molecule has 0 unspecified atom stereocenters. The smallest absolute Gasteiger partial charge is 0.433 e. The van der Waals surface area contributed by atoms with Crippen LogP contribution >= 0.6 is 23.2 Å². The van der Waals surface area contributed by atoms with Crippen molar-refractivity contribution in [2.45, 2.75) is 25.1 Å². The molecule has 3 atom stereocenters. The van der Waals surface area contributed by atoms with E-state index in [9.17, 15) is 18.0 Å². The van der Waals surface area contributed by atoms with E-state index >= 15 is 0 Å². The van der Waals surface area contributed by atoms with Gasteiger partial charge < -0.3 is 9.64 Å². The number of benzene rings is 1. The van der Waals surface area contributed by atoms with E-state index in [4.69, 9.17) is 33.2 Å². The van der Waals surface area contributed by atoms with Crippen LogP contribution < -0.4 is 4.74 Å². The third kappa shape index (κ3) is 5.55. The number of nitrogens with zero attached hydrogens (tertiary/aromatic N) is 4. The van der Waals surface area contributed by atoms with Crippen LogP contribution in [0.1, 0.15) is 40.0 Å². The van der Waals surface area contributed by atoms with Crippen molar-refractivity contribution in [1.29, 1.82) is 5.26 Å². The summed E-state index contributed by atoms with van der Waals surface area (Å²) in [7, 11) is 0. The Morgan fingerprint density at radius 2 is 1.89 bits per heavy atom. The molecule has 0 aliphatic carbocycles. The SMILES string of the molecule is C[C@H](Oc1ccc(C#N)cn1)[C@H]1CN(C(=O)c2ccc(C(F)(F)F)nc2)C[C@@H]1c1ccc(Cl)c(Cl)c1. The summed E-state index contributed by atoms with van der Waals surface area (Å²) < 4.78 is 44.6. The van der Waals surface area contributed by atoms with Crippen molar-refractivity contribution < 1.29 is 22.7 Å². The lowest BCUT2D eigenvalue weighted by atomic mass is 9.86. The first-order valence-electron chi connectivity index (χ1n) is 10.9. The summed E-state index contributed by atoms with van der Waals surface area (Å²) in [5, 5.41) is 9.73. The number of nitriles is 1. The van der Waals surface area contributed by atoms with Crippen LogP contribution in [0.5, 0.6) is 5.88 Å². The fraction of sp³-hybridized carbons (Fsp3) is 0.280. The van der Waals surface area contributed by atoms with Crippen molar-refractivity contribution in [1.82, 2.24) is 14.9 Å². The van der Waals surface area contributed by atoms with Crippen molar-refractivity contribution in [2.75, 3.05) is 13.1 Å². The second-order valence-electron chi connectivity index (χ2n) is 8.40. The molecule has 11 heteroatoms. The monoisotopic (exact) mass is 534 g/mol. The van der Waals surface area contributed by atoms with Crippen LogP contribution in [0.3, 0.4) is 0 Å². The number of aromatic nitrogens is 2. The number of likely N-dealkylation sites (tertiary alicyclic amines) is 1. The minimum absolute atomic E-state index is 0.0545. The van der Waals surface area contributed by atoms with E-state index in [-0.39, 0.29) is 30.5 Å². The molecule has 0 spiro atoms. The van der Waals surface area contributed by atoms with Gasteiger partial charge in [-0.15, -0.1) is 0 Å². The summed E-state index contributed by atoms with van der Waals surface area (Å²) >= 11 is 12.3. The molecule has 0 radical (unpaired) electrons. The minimum Gasteiger partial charge on any atom is -0.474 e. The average Bonchev–Trinajstić information content (AvgIpc) is 3.31. The molecule has 4 rings (SSSR count). The molecule has 6 nitrogen and oxygen atoms in total. The van der Waals surface area contributed by atoms with E-state index < -0.39 is 23.9 Å². The van der Waals surface area contributed by atoms with E-state index in [1.807, 2.05) is 19.1 Å². The fourth-order valence-corrected chi connectivity index (χ4v) is 4.54. The molecule has 1 aliphatic rings. The van der Waals surface area contributed by atoms with Crippen molar-refractivity contribution in [3.05, 3.63) is 87.3 Å². The molecular weight excluding hydrogens is 516 g/mol. The number of hydrogen-bond acceptors (Lipinski definition) is 5. The standard InChI is InChI=1S/C25H19Cl2F3N4O2/c1-14(36-23-7-2-15(9-31)10-33-23)18-12-34(13-19(18)16-3-5-20(26)21(27)8-16)24(35)17-4-6-22(32-11-17)25(28,29)30/h2-8,10-11,14,18-19H,12-13H2,1H3/t14-,18+,19+/m0/s1. The Hall–Kier alpha value is -3.35. The number of carbonyl (C=O) groups excluding carboxylic acids is 1. The van der Waals surface area contributed by atoms with Crippen LogP contribution in [0, 0.1) is 17.2 Å². The Morgan fingerprint density at radius 1 is 1.11 bits per heavy atom. The second kappa shape index (κ2) is 10.3. The highest BCUT2D eigenvalue weighted by atomic mass is 35.5. The van der Waals surface area contributed by atoms with Crippen molar-refractivity contribution in [2.24, 2.45) is 5.92 Å². The molecule has 0 bridgehead atoms. The van der Waals surface area contributed by atoms with Crippen LogP contribution in [0.15, 0.2) is 54.9 Å². The normalized spacial score (nSPS) is 18.5.